The van der Waals surface area contributed by atoms with E-state index in [0.29, 0.717) is 25.2 Å². The lowest BCUT2D eigenvalue weighted by Crippen LogP contribution is -2.38. The number of nitrogens with one attached hydrogen (secondary N) is 1. The molecule has 0 aliphatic heterocycles. The molecular weight excluding hydrogens is 259 g/mol. The molecular formula is C15H21FN2O2. The van der Waals surface area contributed by atoms with Crippen molar-refractivity contribution in [3.05, 3.63) is 47.8 Å². The number of nitrogens with zero attached hydrogens (tertiary/aromatic N) is 1. The topological polar surface area (TPSA) is 52.6 Å². The van der Waals surface area contributed by atoms with Crippen LogP contribution < -0.4 is 5.32 Å². The van der Waals surface area contributed by atoms with E-state index in [4.69, 9.17) is 5.11 Å². The average molecular weight is 280 g/mol. The Morgan fingerprint density at radius 2 is 2.30 bits per heavy atom. The third kappa shape index (κ3) is 5.50. The Bertz CT molecular complexity index is 463. The smallest absolute Gasteiger partial charge is 0.234 e. The van der Waals surface area contributed by atoms with E-state index in [1.807, 2.05) is 0 Å². The lowest BCUT2D eigenvalue weighted by atomic mass is 10.1. The van der Waals surface area contributed by atoms with Crippen LogP contribution in [0.15, 0.2) is 30.9 Å². The maximum atomic E-state index is 13.1. The lowest BCUT2D eigenvalue weighted by Gasteiger charge is -2.18. The number of aryl methyl sites for hydroxylation is 1. The predicted molar refractivity (Wildman–Crippen MR) is 76.7 cm³/mol. The Hall–Kier alpha value is -1.72. The molecule has 0 saturated heterocycles. The largest absolute Gasteiger partial charge is 0.395 e. The molecule has 1 aromatic rings. The molecule has 0 aliphatic rings. The van der Waals surface area contributed by atoms with Crippen LogP contribution >= 0.6 is 0 Å². The Labute approximate surface area is 118 Å². The van der Waals surface area contributed by atoms with Gasteiger partial charge in [-0.1, -0.05) is 18.2 Å². The molecule has 1 aromatic carbocycles. The van der Waals surface area contributed by atoms with E-state index in [1.54, 1.807) is 30.0 Å². The van der Waals surface area contributed by atoms with E-state index in [0.717, 1.165) is 5.56 Å². The van der Waals surface area contributed by atoms with Crippen LogP contribution in [-0.2, 0) is 11.3 Å². The first-order chi connectivity index (χ1) is 9.56. The maximum absolute atomic E-state index is 13.1. The summed E-state index contributed by atoms with van der Waals surface area (Å²) in [4.78, 5) is 13.6. The summed E-state index contributed by atoms with van der Waals surface area (Å²) in [5.41, 5.74) is 1.42. The fourth-order valence-corrected chi connectivity index (χ4v) is 1.84. The summed E-state index contributed by atoms with van der Waals surface area (Å²) in [7, 11) is 0. The first kappa shape index (κ1) is 16.3. The highest BCUT2D eigenvalue weighted by Crippen LogP contribution is 2.08. The molecule has 1 amide bonds. The van der Waals surface area contributed by atoms with Crippen LogP contribution in [0.1, 0.15) is 11.1 Å². The quantitative estimate of drug-likeness (QED) is 0.704. The molecule has 0 heterocycles. The van der Waals surface area contributed by atoms with E-state index in [2.05, 4.69) is 11.9 Å². The van der Waals surface area contributed by atoms with Gasteiger partial charge in [0.1, 0.15) is 5.82 Å². The minimum Gasteiger partial charge on any atom is -0.395 e. The molecule has 20 heavy (non-hydrogen) atoms. The van der Waals surface area contributed by atoms with Gasteiger partial charge in [0.05, 0.1) is 13.2 Å². The highest BCUT2D eigenvalue weighted by Gasteiger charge is 2.09. The number of benzene rings is 1. The summed E-state index contributed by atoms with van der Waals surface area (Å²) in [5, 5.41) is 11.7. The summed E-state index contributed by atoms with van der Waals surface area (Å²) < 4.78 is 13.1. The number of hydrogen-bond acceptors (Lipinski definition) is 3. The monoisotopic (exact) mass is 280 g/mol. The number of halogens is 1. The van der Waals surface area contributed by atoms with Gasteiger partial charge in [0.15, 0.2) is 0 Å². The summed E-state index contributed by atoms with van der Waals surface area (Å²) >= 11 is 0. The molecule has 1 rings (SSSR count). The van der Waals surface area contributed by atoms with Crippen molar-refractivity contribution < 1.29 is 14.3 Å². The molecule has 2 N–H and O–H groups in total. The minimum atomic E-state index is -0.250. The lowest BCUT2D eigenvalue weighted by molar-refractivity contribution is -0.122. The van der Waals surface area contributed by atoms with Crippen LogP contribution in [0.3, 0.4) is 0 Å². The number of amides is 1. The Morgan fingerprint density at radius 1 is 1.55 bits per heavy atom. The molecule has 0 atom stereocenters. The fourth-order valence-electron chi connectivity index (χ4n) is 1.84. The zero-order chi connectivity index (χ0) is 15.0. The molecule has 5 heteroatoms. The van der Waals surface area contributed by atoms with Gasteiger partial charge in [0.2, 0.25) is 5.91 Å². The molecule has 0 aromatic heterocycles. The van der Waals surface area contributed by atoms with Crippen LogP contribution in [0.4, 0.5) is 4.39 Å². The van der Waals surface area contributed by atoms with Crippen molar-refractivity contribution in [2.45, 2.75) is 13.5 Å². The molecule has 0 radical (unpaired) electrons. The van der Waals surface area contributed by atoms with Gasteiger partial charge < -0.3 is 10.4 Å². The van der Waals surface area contributed by atoms with Crippen molar-refractivity contribution in [3.63, 3.8) is 0 Å². The standard InChI is InChI=1S/C15H21FN2O2/c1-3-6-18(7-8-19)11-15(20)17-10-13-4-5-14(16)12(2)9-13/h3-5,9,19H,1,6-8,10-11H2,2H3,(H,17,20). The molecule has 0 spiro atoms. The van der Waals surface area contributed by atoms with Gasteiger partial charge in [0, 0.05) is 19.6 Å². The van der Waals surface area contributed by atoms with Crippen LogP contribution in [0, 0.1) is 12.7 Å². The normalized spacial score (nSPS) is 10.6. The van der Waals surface area contributed by atoms with Gasteiger partial charge >= 0.3 is 0 Å². The molecule has 0 bridgehead atoms. The van der Waals surface area contributed by atoms with Gasteiger partial charge in [-0.3, -0.25) is 9.69 Å². The highest BCUT2D eigenvalue weighted by molar-refractivity contribution is 5.78. The van der Waals surface area contributed by atoms with Crippen LogP contribution in [0.5, 0.6) is 0 Å². The second kappa shape index (κ2) is 8.45. The SMILES string of the molecule is C=CCN(CCO)CC(=O)NCc1ccc(F)c(C)c1. The van der Waals surface area contributed by atoms with Gasteiger partial charge in [0.25, 0.3) is 0 Å². The van der Waals surface area contributed by atoms with Gasteiger partial charge in [-0.25, -0.2) is 4.39 Å². The van der Waals surface area contributed by atoms with Gasteiger partial charge in [-0.05, 0) is 24.1 Å². The average Bonchev–Trinajstić information content (AvgIpc) is 2.41. The Morgan fingerprint density at radius 3 is 2.90 bits per heavy atom. The highest BCUT2D eigenvalue weighted by atomic mass is 19.1. The molecule has 0 fully saturated rings. The van der Waals surface area contributed by atoms with E-state index < -0.39 is 0 Å². The number of carbonyl (C=O) groups is 1. The summed E-state index contributed by atoms with van der Waals surface area (Å²) in [5.74, 6) is -0.387. The Balaban J connectivity index is 2.45. The van der Waals surface area contributed by atoms with Crippen LogP contribution in [0.2, 0.25) is 0 Å². The summed E-state index contributed by atoms with van der Waals surface area (Å²) in [6.45, 7) is 6.83. The summed E-state index contributed by atoms with van der Waals surface area (Å²) in [6.07, 6.45) is 1.69. The zero-order valence-corrected chi connectivity index (χ0v) is 11.7. The number of aliphatic hydroxyl groups excluding tert-OH is 1. The number of rotatable bonds is 8. The third-order valence-corrected chi connectivity index (χ3v) is 2.88. The van der Waals surface area contributed by atoms with Crippen molar-refractivity contribution in [2.24, 2.45) is 0 Å². The molecule has 110 valence electrons. The van der Waals surface area contributed by atoms with Crippen molar-refractivity contribution in [2.75, 3.05) is 26.2 Å². The van der Waals surface area contributed by atoms with Gasteiger partial charge in [-0.15, -0.1) is 6.58 Å². The number of carbonyl (C=O) groups excluding carboxylic acids is 1. The van der Waals surface area contributed by atoms with Crippen LogP contribution in [0.25, 0.3) is 0 Å². The first-order valence-electron chi connectivity index (χ1n) is 6.52. The van der Waals surface area contributed by atoms with E-state index in [1.165, 1.54) is 6.07 Å². The van der Waals surface area contributed by atoms with E-state index in [9.17, 15) is 9.18 Å². The first-order valence-corrected chi connectivity index (χ1v) is 6.52. The number of aliphatic hydroxyl groups is 1. The van der Waals surface area contributed by atoms with E-state index in [-0.39, 0.29) is 24.9 Å². The minimum absolute atomic E-state index is 0.00171. The van der Waals surface area contributed by atoms with Crippen molar-refractivity contribution in [1.82, 2.24) is 10.2 Å². The third-order valence-electron chi connectivity index (χ3n) is 2.88. The second-order valence-electron chi connectivity index (χ2n) is 4.61. The van der Waals surface area contributed by atoms with Crippen LogP contribution in [-0.4, -0.2) is 42.2 Å². The van der Waals surface area contributed by atoms with E-state index >= 15 is 0 Å². The zero-order valence-electron chi connectivity index (χ0n) is 11.7. The molecule has 4 nitrogen and oxygen atoms in total. The van der Waals surface area contributed by atoms with Crippen molar-refractivity contribution in [1.29, 1.82) is 0 Å². The number of hydrogen-bond donors (Lipinski definition) is 2. The van der Waals surface area contributed by atoms with Gasteiger partial charge in [-0.2, -0.15) is 0 Å². The fraction of sp³-hybridized carbons (Fsp3) is 0.400. The predicted octanol–water partition coefficient (Wildman–Crippen LogP) is 1.23. The Kier molecular flexibility index (Phi) is 6.90. The second-order valence-corrected chi connectivity index (χ2v) is 4.61. The maximum Gasteiger partial charge on any atom is 0.234 e. The van der Waals surface area contributed by atoms with Crippen molar-refractivity contribution >= 4 is 5.91 Å². The van der Waals surface area contributed by atoms with Crippen molar-refractivity contribution in [3.8, 4) is 0 Å². The molecule has 0 unspecified atom stereocenters. The summed E-state index contributed by atoms with van der Waals surface area (Å²) in [6, 6.07) is 4.76. The molecule has 0 aliphatic carbocycles. The molecule has 0 saturated carbocycles.